The van der Waals surface area contributed by atoms with Crippen molar-refractivity contribution in [3.63, 3.8) is 0 Å². The molecule has 0 saturated carbocycles. The number of carboxylic acids is 1. The summed E-state index contributed by atoms with van der Waals surface area (Å²) >= 11 is 0. The molecule has 2 aromatic carbocycles. The van der Waals surface area contributed by atoms with Crippen molar-refractivity contribution in [1.82, 2.24) is 4.98 Å². The molecule has 1 heterocycles. The van der Waals surface area contributed by atoms with E-state index in [-0.39, 0.29) is 11.5 Å². The maximum absolute atomic E-state index is 12.2. The summed E-state index contributed by atoms with van der Waals surface area (Å²) in [6.07, 6.45) is 2.27. The number of aromatic nitrogens is 1. The number of hydrogen-bond donors (Lipinski definition) is 4. The zero-order valence-electron chi connectivity index (χ0n) is 12.8. The third kappa shape index (κ3) is 3.28. The number of aromatic amines is 1. The fraction of sp³-hybridized carbons (Fsp3) is 0.111. The predicted octanol–water partition coefficient (Wildman–Crippen LogP) is 2.37. The Morgan fingerprint density at radius 3 is 2.54 bits per heavy atom. The third-order valence-corrected chi connectivity index (χ3v) is 3.85. The van der Waals surface area contributed by atoms with Crippen LogP contribution < -0.4 is 11.1 Å². The van der Waals surface area contributed by atoms with Crippen molar-refractivity contribution in [3.8, 4) is 0 Å². The molecule has 0 radical (unpaired) electrons. The second-order valence-electron chi connectivity index (χ2n) is 5.54. The summed E-state index contributed by atoms with van der Waals surface area (Å²) in [5.74, 6) is -1.33. The maximum Gasteiger partial charge on any atom is 0.335 e. The lowest BCUT2D eigenvalue weighted by molar-refractivity contribution is -0.117. The molecule has 6 nitrogen and oxygen atoms in total. The molecule has 0 saturated heterocycles. The van der Waals surface area contributed by atoms with Gasteiger partial charge in [0, 0.05) is 22.8 Å². The molecule has 1 unspecified atom stereocenters. The van der Waals surface area contributed by atoms with Gasteiger partial charge in [0.1, 0.15) is 0 Å². The van der Waals surface area contributed by atoms with E-state index in [0.717, 1.165) is 16.5 Å². The summed E-state index contributed by atoms with van der Waals surface area (Å²) < 4.78 is 0. The van der Waals surface area contributed by atoms with Gasteiger partial charge in [-0.25, -0.2) is 4.79 Å². The fourth-order valence-corrected chi connectivity index (χ4v) is 2.56. The van der Waals surface area contributed by atoms with Crippen molar-refractivity contribution in [3.05, 3.63) is 65.9 Å². The van der Waals surface area contributed by atoms with Crippen LogP contribution in [0.4, 0.5) is 5.69 Å². The van der Waals surface area contributed by atoms with E-state index in [1.165, 1.54) is 12.1 Å². The van der Waals surface area contributed by atoms with E-state index in [9.17, 15) is 9.59 Å². The second-order valence-corrected chi connectivity index (χ2v) is 5.54. The largest absolute Gasteiger partial charge is 0.478 e. The Kier molecular flexibility index (Phi) is 4.31. The minimum atomic E-state index is -1.01. The number of carbonyl (C=O) groups excluding carboxylic acids is 1. The van der Waals surface area contributed by atoms with Gasteiger partial charge < -0.3 is 21.1 Å². The molecule has 0 fully saturated rings. The van der Waals surface area contributed by atoms with E-state index in [1.54, 1.807) is 12.1 Å². The van der Waals surface area contributed by atoms with Crippen LogP contribution in [0.3, 0.4) is 0 Å². The number of hydrogen-bond acceptors (Lipinski definition) is 3. The number of nitrogens with one attached hydrogen (secondary N) is 2. The predicted molar refractivity (Wildman–Crippen MR) is 92.0 cm³/mol. The number of carbonyl (C=O) groups is 2. The summed E-state index contributed by atoms with van der Waals surface area (Å²) in [5.41, 5.74) is 8.67. The molecule has 1 aromatic heterocycles. The summed E-state index contributed by atoms with van der Waals surface area (Å²) in [4.78, 5) is 26.2. The molecule has 3 rings (SSSR count). The lowest BCUT2D eigenvalue weighted by Gasteiger charge is -2.12. The Morgan fingerprint density at radius 1 is 1.12 bits per heavy atom. The van der Waals surface area contributed by atoms with E-state index < -0.39 is 12.0 Å². The third-order valence-electron chi connectivity index (χ3n) is 3.85. The zero-order chi connectivity index (χ0) is 17.1. The number of carboxylic acid groups (broad SMARTS) is 1. The van der Waals surface area contributed by atoms with Gasteiger partial charge in [0.15, 0.2) is 0 Å². The first-order valence-corrected chi connectivity index (χ1v) is 7.49. The van der Waals surface area contributed by atoms with Gasteiger partial charge in [-0.15, -0.1) is 0 Å². The number of benzene rings is 2. The van der Waals surface area contributed by atoms with E-state index >= 15 is 0 Å². The molecule has 122 valence electrons. The molecular formula is C18H17N3O3. The normalized spacial score (nSPS) is 12.0. The Bertz CT molecular complexity index is 884. The molecule has 1 amide bonds. The van der Waals surface area contributed by atoms with Gasteiger partial charge in [-0.05, 0) is 42.3 Å². The molecule has 24 heavy (non-hydrogen) atoms. The molecule has 0 aliphatic carbocycles. The van der Waals surface area contributed by atoms with Crippen LogP contribution >= 0.6 is 0 Å². The van der Waals surface area contributed by atoms with Crippen LogP contribution in [0, 0.1) is 0 Å². The summed E-state index contributed by atoms with van der Waals surface area (Å²) in [5, 5.41) is 12.6. The van der Waals surface area contributed by atoms with Gasteiger partial charge in [0.25, 0.3) is 0 Å². The average Bonchev–Trinajstić information content (AvgIpc) is 2.98. The molecular weight excluding hydrogens is 306 g/mol. The average molecular weight is 323 g/mol. The highest BCUT2D eigenvalue weighted by Gasteiger charge is 2.16. The smallest absolute Gasteiger partial charge is 0.335 e. The molecule has 0 aliphatic heterocycles. The van der Waals surface area contributed by atoms with E-state index in [1.807, 2.05) is 30.5 Å². The zero-order valence-corrected chi connectivity index (χ0v) is 12.8. The van der Waals surface area contributed by atoms with Crippen molar-refractivity contribution < 1.29 is 14.7 Å². The van der Waals surface area contributed by atoms with E-state index in [4.69, 9.17) is 10.8 Å². The van der Waals surface area contributed by atoms with Gasteiger partial charge in [-0.2, -0.15) is 0 Å². The van der Waals surface area contributed by atoms with Crippen molar-refractivity contribution in [2.24, 2.45) is 5.73 Å². The van der Waals surface area contributed by atoms with Crippen molar-refractivity contribution >= 4 is 28.5 Å². The summed E-state index contributed by atoms with van der Waals surface area (Å²) in [6, 6.07) is 13.1. The Balaban J connectivity index is 1.67. The first-order chi connectivity index (χ1) is 11.5. The number of H-pyrrole nitrogens is 1. The molecule has 5 N–H and O–H groups in total. The number of anilines is 1. The number of rotatable bonds is 5. The fourth-order valence-electron chi connectivity index (χ4n) is 2.56. The number of nitrogens with two attached hydrogens (primary N) is 1. The molecule has 0 bridgehead atoms. The van der Waals surface area contributed by atoms with Gasteiger partial charge in [-0.3, -0.25) is 4.79 Å². The van der Waals surface area contributed by atoms with Crippen LogP contribution in [0.15, 0.2) is 54.7 Å². The molecule has 6 heteroatoms. The number of fused-ring (bicyclic) bond motifs is 1. The van der Waals surface area contributed by atoms with E-state index in [2.05, 4.69) is 10.3 Å². The van der Waals surface area contributed by atoms with Crippen molar-refractivity contribution in [2.45, 2.75) is 12.5 Å². The minimum Gasteiger partial charge on any atom is -0.478 e. The molecule has 3 aromatic rings. The topological polar surface area (TPSA) is 108 Å². The highest BCUT2D eigenvalue weighted by Crippen LogP contribution is 2.19. The summed E-state index contributed by atoms with van der Waals surface area (Å²) in [6.45, 7) is 0. The lowest BCUT2D eigenvalue weighted by Crippen LogP contribution is -2.37. The minimum absolute atomic E-state index is 0.163. The quantitative estimate of drug-likeness (QED) is 0.578. The molecule has 0 aliphatic rings. The van der Waals surface area contributed by atoms with Crippen LogP contribution in [-0.4, -0.2) is 28.0 Å². The summed E-state index contributed by atoms with van der Waals surface area (Å²) in [7, 11) is 0. The Labute approximate surface area is 138 Å². The highest BCUT2D eigenvalue weighted by atomic mass is 16.4. The number of aromatic carboxylic acids is 1. The van der Waals surface area contributed by atoms with Crippen LogP contribution in [0.25, 0.3) is 10.9 Å². The lowest BCUT2D eigenvalue weighted by atomic mass is 10.0. The second kappa shape index (κ2) is 6.55. The van der Waals surface area contributed by atoms with Gasteiger partial charge in [0.05, 0.1) is 11.6 Å². The van der Waals surface area contributed by atoms with Crippen LogP contribution in [0.2, 0.25) is 0 Å². The Morgan fingerprint density at radius 2 is 1.83 bits per heavy atom. The monoisotopic (exact) mass is 323 g/mol. The number of amides is 1. The van der Waals surface area contributed by atoms with Crippen molar-refractivity contribution in [2.75, 3.05) is 5.32 Å². The van der Waals surface area contributed by atoms with Crippen molar-refractivity contribution in [1.29, 1.82) is 0 Å². The van der Waals surface area contributed by atoms with Gasteiger partial charge >= 0.3 is 5.97 Å². The first-order valence-electron chi connectivity index (χ1n) is 7.49. The molecule has 0 spiro atoms. The van der Waals surface area contributed by atoms with Gasteiger partial charge in [-0.1, -0.05) is 18.2 Å². The van der Waals surface area contributed by atoms with E-state index in [0.29, 0.717) is 12.1 Å². The van der Waals surface area contributed by atoms with Crippen LogP contribution in [-0.2, 0) is 11.2 Å². The van der Waals surface area contributed by atoms with Crippen LogP contribution in [0.1, 0.15) is 15.9 Å². The maximum atomic E-state index is 12.2. The standard InChI is InChI=1S/C18H17N3O3/c19-15(9-12-10-20-16-4-2-1-3-14(12)16)17(22)21-13-7-5-11(6-8-13)18(23)24/h1-8,10,15,20H,9,19H2,(H,21,22)(H,23,24). The molecule has 1 atom stereocenters. The first kappa shape index (κ1) is 15.8. The Hall–Kier alpha value is -3.12. The van der Waals surface area contributed by atoms with Gasteiger partial charge in [0.2, 0.25) is 5.91 Å². The SMILES string of the molecule is NC(Cc1c[nH]c2ccccc12)C(=O)Nc1ccc(C(=O)O)cc1. The van der Waals surface area contributed by atoms with Crippen LogP contribution in [0.5, 0.6) is 0 Å². The highest BCUT2D eigenvalue weighted by molar-refractivity contribution is 5.96. The number of para-hydroxylation sites is 1.